The molecule has 0 aliphatic carbocycles. The Labute approximate surface area is 116 Å². The third-order valence-corrected chi connectivity index (χ3v) is 3.40. The molecule has 1 aromatic rings. The van der Waals surface area contributed by atoms with E-state index in [1.165, 1.54) is 0 Å². The zero-order valence-electron chi connectivity index (χ0n) is 11.1. The Hall–Kier alpha value is -0.780. The maximum Gasteiger partial charge on any atom is 0.142 e. The standard InChI is InChI=1S/C13H19BrO4/c1-5-18-8-13(2,15)9-6-7-10(16-3)11(14)12(9)17-4/h6-7,15H,5,8H2,1-4H3. The highest BCUT2D eigenvalue weighted by molar-refractivity contribution is 9.10. The second-order valence-corrected chi connectivity index (χ2v) is 4.87. The summed E-state index contributed by atoms with van der Waals surface area (Å²) in [7, 11) is 3.14. The monoisotopic (exact) mass is 318 g/mol. The fraction of sp³-hybridized carbons (Fsp3) is 0.538. The van der Waals surface area contributed by atoms with Crippen LogP contribution in [0.3, 0.4) is 0 Å². The molecule has 0 saturated carbocycles. The molecule has 0 amide bonds. The molecule has 1 aromatic carbocycles. The Balaban J connectivity index is 3.19. The maximum atomic E-state index is 10.5. The van der Waals surface area contributed by atoms with Crippen molar-refractivity contribution in [3.8, 4) is 11.5 Å². The normalized spacial score (nSPS) is 14.1. The van der Waals surface area contributed by atoms with Crippen LogP contribution in [0.5, 0.6) is 11.5 Å². The summed E-state index contributed by atoms with van der Waals surface area (Å²) in [5, 5.41) is 10.5. The molecule has 5 heteroatoms. The third-order valence-electron chi connectivity index (χ3n) is 2.65. The van der Waals surface area contributed by atoms with Gasteiger partial charge in [0, 0.05) is 12.2 Å². The molecule has 0 aromatic heterocycles. The first kappa shape index (κ1) is 15.3. The molecule has 0 saturated heterocycles. The van der Waals surface area contributed by atoms with Gasteiger partial charge in [-0.25, -0.2) is 0 Å². The highest BCUT2D eigenvalue weighted by Gasteiger charge is 2.29. The number of rotatable bonds is 6. The Bertz CT molecular complexity index is 404. The molecule has 1 atom stereocenters. The average molecular weight is 319 g/mol. The zero-order chi connectivity index (χ0) is 13.8. The van der Waals surface area contributed by atoms with Gasteiger partial charge >= 0.3 is 0 Å². The van der Waals surface area contributed by atoms with Gasteiger partial charge in [0.15, 0.2) is 0 Å². The summed E-state index contributed by atoms with van der Waals surface area (Å²) >= 11 is 3.41. The van der Waals surface area contributed by atoms with Crippen LogP contribution in [0, 0.1) is 0 Å². The summed E-state index contributed by atoms with van der Waals surface area (Å²) in [5.41, 5.74) is -0.456. The van der Waals surface area contributed by atoms with Gasteiger partial charge in [-0.2, -0.15) is 0 Å². The quantitative estimate of drug-likeness (QED) is 0.876. The van der Waals surface area contributed by atoms with Crippen molar-refractivity contribution in [1.29, 1.82) is 0 Å². The second kappa shape index (κ2) is 6.41. The van der Waals surface area contributed by atoms with Crippen molar-refractivity contribution in [2.24, 2.45) is 0 Å². The zero-order valence-corrected chi connectivity index (χ0v) is 12.7. The molecule has 0 radical (unpaired) electrons. The summed E-state index contributed by atoms with van der Waals surface area (Å²) in [6.07, 6.45) is 0. The minimum absolute atomic E-state index is 0.207. The number of ether oxygens (including phenoxy) is 3. The van der Waals surface area contributed by atoms with Crippen molar-refractivity contribution in [2.75, 3.05) is 27.4 Å². The van der Waals surface area contributed by atoms with E-state index in [4.69, 9.17) is 14.2 Å². The van der Waals surface area contributed by atoms with Crippen molar-refractivity contribution >= 4 is 15.9 Å². The molecule has 0 heterocycles. The highest BCUT2D eigenvalue weighted by atomic mass is 79.9. The van der Waals surface area contributed by atoms with E-state index in [2.05, 4.69) is 15.9 Å². The first-order chi connectivity index (χ1) is 8.47. The largest absolute Gasteiger partial charge is 0.495 e. The molecule has 0 spiro atoms. The van der Waals surface area contributed by atoms with E-state index < -0.39 is 5.60 Å². The number of methoxy groups -OCH3 is 2. The van der Waals surface area contributed by atoms with Crippen LogP contribution in [0.2, 0.25) is 0 Å². The summed E-state index contributed by atoms with van der Waals surface area (Å²) in [6, 6.07) is 3.56. The predicted octanol–water partition coefficient (Wildman–Crippen LogP) is 2.71. The van der Waals surface area contributed by atoms with Gasteiger partial charge < -0.3 is 19.3 Å². The SMILES string of the molecule is CCOCC(C)(O)c1ccc(OC)c(Br)c1OC. The molecule has 1 unspecified atom stereocenters. The van der Waals surface area contributed by atoms with E-state index in [0.29, 0.717) is 28.1 Å². The molecule has 4 nitrogen and oxygen atoms in total. The Morgan fingerprint density at radius 1 is 1.28 bits per heavy atom. The van der Waals surface area contributed by atoms with Gasteiger partial charge in [-0.05, 0) is 41.9 Å². The highest BCUT2D eigenvalue weighted by Crippen LogP contribution is 2.41. The van der Waals surface area contributed by atoms with Gasteiger partial charge in [-0.1, -0.05) is 0 Å². The maximum absolute atomic E-state index is 10.5. The number of benzene rings is 1. The Kier molecular flexibility index (Phi) is 5.44. The van der Waals surface area contributed by atoms with Gasteiger partial charge in [0.2, 0.25) is 0 Å². The van der Waals surface area contributed by atoms with E-state index in [-0.39, 0.29) is 6.61 Å². The molecule has 0 fully saturated rings. The lowest BCUT2D eigenvalue weighted by Crippen LogP contribution is -2.28. The van der Waals surface area contributed by atoms with E-state index >= 15 is 0 Å². The number of halogens is 1. The van der Waals surface area contributed by atoms with E-state index in [1.807, 2.05) is 6.92 Å². The second-order valence-electron chi connectivity index (χ2n) is 4.07. The summed E-state index contributed by atoms with van der Waals surface area (Å²) in [6.45, 7) is 4.34. The van der Waals surface area contributed by atoms with Crippen LogP contribution >= 0.6 is 15.9 Å². The van der Waals surface area contributed by atoms with Crippen LogP contribution in [-0.2, 0) is 10.3 Å². The van der Waals surface area contributed by atoms with Crippen LogP contribution in [0.25, 0.3) is 0 Å². The minimum Gasteiger partial charge on any atom is -0.495 e. The summed E-state index contributed by atoms with van der Waals surface area (Å²) in [4.78, 5) is 0. The number of aliphatic hydroxyl groups is 1. The van der Waals surface area contributed by atoms with Crippen molar-refractivity contribution in [1.82, 2.24) is 0 Å². The predicted molar refractivity (Wildman–Crippen MR) is 73.3 cm³/mol. The smallest absolute Gasteiger partial charge is 0.142 e. The molecule has 0 aliphatic rings. The van der Waals surface area contributed by atoms with Crippen LogP contribution in [-0.4, -0.2) is 32.5 Å². The lowest BCUT2D eigenvalue weighted by Gasteiger charge is -2.26. The first-order valence-corrected chi connectivity index (χ1v) is 6.48. The average Bonchev–Trinajstić information content (AvgIpc) is 2.36. The van der Waals surface area contributed by atoms with Gasteiger partial charge in [0.25, 0.3) is 0 Å². The van der Waals surface area contributed by atoms with Crippen molar-refractivity contribution in [2.45, 2.75) is 19.4 Å². The summed E-state index contributed by atoms with van der Waals surface area (Å²) < 4.78 is 16.5. The van der Waals surface area contributed by atoms with Crippen molar-refractivity contribution in [3.05, 3.63) is 22.2 Å². The van der Waals surface area contributed by atoms with E-state index in [0.717, 1.165) is 0 Å². The van der Waals surface area contributed by atoms with E-state index in [1.54, 1.807) is 33.3 Å². The third kappa shape index (κ3) is 3.16. The Morgan fingerprint density at radius 2 is 1.94 bits per heavy atom. The molecule has 0 bridgehead atoms. The van der Waals surface area contributed by atoms with Gasteiger partial charge in [0.1, 0.15) is 21.6 Å². The molecule has 0 aliphatic heterocycles. The van der Waals surface area contributed by atoms with Crippen LogP contribution < -0.4 is 9.47 Å². The molecule has 102 valence electrons. The molecular formula is C13H19BrO4. The van der Waals surface area contributed by atoms with Crippen LogP contribution in [0.4, 0.5) is 0 Å². The number of hydrogen-bond acceptors (Lipinski definition) is 4. The van der Waals surface area contributed by atoms with Crippen molar-refractivity contribution < 1.29 is 19.3 Å². The number of hydrogen-bond donors (Lipinski definition) is 1. The molecule has 1 rings (SSSR count). The lowest BCUT2D eigenvalue weighted by atomic mass is 9.95. The molecular weight excluding hydrogens is 300 g/mol. The van der Waals surface area contributed by atoms with Gasteiger partial charge in [-0.15, -0.1) is 0 Å². The topological polar surface area (TPSA) is 47.9 Å². The first-order valence-electron chi connectivity index (χ1n) is 5.69. The fourth-order valence-electron chi connectivity index (χ4n) is 1.70. The Morgan fingerprint density at radius 3 is 2.44 bits per heavy atom. The minimum atomic E-state index is -1.11. The van der Waals surface area contributed by atoms with Crippen LogP contribution in [0.1, 0.15) is 19.4 Å². The van der Waals surface area contributed by atoms with Crippen molar-refractivity contribution in [3.63, 3.8) is 0 Å². The molecule has 18 heavy (non-hydrogen) atoms. The molecule has 1 N–H and O–H groups in total. The summed E-state index contributed by atoms with van der Waals surface area (Å²) in [5.74, 6) is 1.21. The van der Waals surface area contributed by atoms with Crippen LogP contribution in [0.15, 0.2) is 16.6 Å². The fourth-order valence-corrected chi connectivity index (χ4v) is 2.37. The van der Waals surface area contributed by atoms with Gasteiger partial charge in [-0.3, -0.25) is 0 Å². The lowest BCUT2D eigenvalue weighted by molar-refractivity contribution is -0.0357. The van der Waals surface area contributed by atoms with Gasteiger partial charge in [0.05, 0.1) is 20.8 Å². The van der Waals surface area contributed by atoms with E-state index in [9.17, 15) is 5.11 Å².